The summed E-state index contributed by atoms with van der Waals surface area (Å²) < 4.78 is 3.83. The fourth-order valence-electron chi connectivity index (χ4n) is 0.419. The van der Waals surface area contributed by atoms with Crippen LogP contribution < -0.4 is 0 Å². The molecule has 0 aromatic carbocycles. The van der Waals surface area contributed by atoms with Crippen molar-refractivity contribution in [3.8, 4) is 0 Å². The minimum atomic E-state index is -0.367. The Bertz CT molecular complexity index is 147. The van der Waals surface area contributed by atoms with Crippen LogP contribution in [0.3, 0.4) is 0 Å². The van der Waals surface area contributed by atoms with Crippen molar-refractivity contribution in [1.82, 2.24) is 4.37 Å². The van der Waals surface area contributed by atoms with Crippen molar-refractivity contribution in [2.75, 3.05) is 0 Å². The lowest BCUT2D eigenvalue weighted by Gasteiger charge is -1.94. The van der Waals surface area contributed by atoms with Crippen molar-refractivity contribution in [1.29, 1.82) is 0 Å². The number of aliphatic hydroxyl groups is 1. The Kier molecular flexibility index (Phi) is 1.60. The van der Waals surface area contributed by atoms with Crippen LogP contribution in [0.5, 0.6) is 0 Å². The van der Waals surface area contributed by atoms with E-state index in [-0.39, 0.29) is 6.10 Å². The minimum absolute atomic E-state index is 0.367. The summed E-state index contributed by atoms with van der Waals surface area (Å²) in [5.74, 6) is 0. The third-order valence-corrected chi connectivity index (χ3v) is 1.54. The summed E-state index contributed by atoms with van der Waals surface area (Å²) in [4.78, 5) is 0. The third-order valence-electron chi connectivity index (χ3n) is 0.934. The molecule has 1 aromatic rings. The van der Waals surface area contributed by atoms with E-state index in [1.165, 1.54) is 11.5 Å². The SMILES string of the molecule is CC(O)c1cnsc1. The van der Waals surface area contributed by atoms with E-state index in [9.17, 15) is 0 Å². The molecule has 0 saturated carbocycles. The maximum absolute atomic E-state index is 8.88. The number of hydrogen-bond acceptors (Lipinski definition) is 3. The highest BCUT2D eigenvalue weighted by Gasteiger charge is 1.98. The zero-order chi connectivity index (χ0) is 5.98. The third kappa shape index (κ3) is 1.05. The van der Waals surface area contributed by atoms with Gasteiger partial charge in [0.2, 0.25) is 0 Å². The zero-order valence-corrected chi connectivity index (χ0v) is 5.35. The van der Waals surface area contributed by atoms with Crippen molar-refractivity contribution < 1.29 is 5.11 Å². The molecule has 0 aliphatic rings. The Morgan fingerprint density at radius 1 is 1.88 bits per heavy atom. The maximum Gasteiger partial charge on any atom is 0.0785 e. The van der Waals surface area contributed by atoms with Crippen LogP contribution in [0.1, 0.15) is 18.6 Å². The van der Waals surface area contributed by atoms with Crippen LogP contribution in [-0.2, 0) is 0 Å². The lowest BCUT2D eigenvalue weighted by molar-refractivity contribution is 0.199. The summed E-state index contributed by atoms with van der Waals surface area (Å²) in [7, 11) is 0. The van der Waals surface area contributed by atoms with Crippen molar-refractivity contribution in [2.45, 2.75) is 13.0 Å². The molecule has 0 spiro atoms. The topological polar surface area (TPSA) is 33.1 Å². The monoisotopic (exact) mass is 129 g/mol. The lowest BCUT2D eigenvalue weighted by atomic mass is 10.2. The van der Waals surface area contributed by atoms with E-state index >= 15 is 0 Å². The Hall–Kier alpha value is -0.410. The Balaban J connectivity index is 2.77. The molecule has 8 heavy (non-hydrogen) atoms. The molecule has 0 aliphatic heterocycles. The van der Waals surface area contributed by atoms with Gasteiger partial charge in [0.05, 0.1) is 6.10 Å². The molecule has 0 bridgehead atoms. The van der Waals surface area contributed by atoms with Gasteiger partial charge in [0.1, 0.15) is 0 Å². The Labute approximate surface area is 52.0 Å². The second-order valence-electron chi connectivity index (χ2n) is 1.63. The highest BCUT2D eigenvalue weighted by molar-refractivity contribution is 7.03. The molecule has 0 radical (unpaired) electrons. The van der Waals surface area contributed by atoms with E-state index in [1.54, 1.807) is 13.1 Å². The number of aromatic nitrogens is 1. The van der Waals surface area contributed by atoms with E-state index in [2.05, 4.69) is 4.37 Å². The molecule has 1 rings (SSSR count). The van der Waals surface area contributed by atoms with Crippen LogP contribution in [-0.4, -0.2) is 9.48 Å². The van der Waals surface area contributed by atoms with Crippen LogP contribution >= 0.6 is 11.5 Å². The van der Waals surface area contributed by atoms with Crippen LogP contribution in [0.15, 0.2) is 11.6 Å². The summed E-state index contributed by atoms with van der Waals surface area (Å²) in [5.41, 5.74) is 0.898. The molecule has 0 amide bonds. The molecular formula is C5H7NOS. The van der Waals surface area contributed by atoms with Crippen LogP contribution in [0, 0.1) is 0 Å². The van der Waals surface area contributed by atoms with Gasteiger partial charge in [-0.15, -0.1) is 0 Å². The molecule has 2 nitrogen and oxygen atoms in total. The first kappa shape index (κ1) is 5.72. The molecule has 1 atom stereocenters. The number of nitrogens with zero attached hydrogens (tertiary/aromatic N) is 1. The van der Waals surface area contributed by atoms with E-state index in [0.29, 0.717) is 0 Å². The molecule has 44 valence electrons. The predicted octanol–water partition coefficient (Wildman–Crippen LogP) is 1.20. The van der Waals surface area contributed by atoms with Gasteiger partial charge in [-0.3, -0.25) is 0 Å². The first-order chi connectivity index (χ1) is 3.80. The standard InChI is InChI=1S/C5H7NOS/c1-4(7)5-2-6-8-3-5/h2-4,7H,1H3. The first-order valence-corrected chi connectivity index (χ1v) is 3.21. The van der Waals surface area contributed by atoms with Crippen molar-refractivity contribution in [3.05, 3.63) is 17.1 Å². The second kappa shape index (κ2) is 2.24. The number of hydrogen-bond donors (Lipinski definition) is 1. The normalized spacial score (nSPS) is 13.8. The highest BCUT2D eigenvalue weighted by Crippen LogP contribution is 2.11. The highest BCUT2D eigenvalue weighted by atomic mass is 32.1. The predicted molar refractivity (Wildman–Crippen MR) is 32.7 cm³/mol. The van der Waals surface area contributed by atoms with E-state index < -0.39 is 0 Å². The first-order valence-electron chi connectivity index (χ1n) is 2.38. The molecule has 1 aromatic heterocycles. The average molecular weight is 129 g/mol. The average Bonchev–Trinajstić information content (AvgIpc) is 2.12. The van der Waals surface area contributed by atoms with Crippen LogP contribution in [0.2, 0.25) is 0 Å². The molecule has 3 heteroatoms. The molecule has 0 aliphatic carbocycles. The van der Waals surface area contributed by atoms with E-state index in [0.717, 1.165) is 5.56 Å². The van der Waals surface area contributed by atoms with Gasteiger partial charge in [-0.25, -0.2) is 4.37 Å². The number of rotatable bonds is 1. The minimum Gasteiger partial charge on any atom is -0.389 e. The van der Waals surface area contributed by atoms with E-state index in [1.807, 2.05) is 5.38 Å². The van der Waals surface area contributed by atoms with Gasteiger partial charge < -0.3 is 5.11 Å². The van der Waals surface area contributed by atoms with Crippen molar-refractivity contribution >= 4 is 11.5 Å². The largest absolute Gasteiger partial charge is 0.389 e. The maximum atomic E-state index is 8.88. The van der Waals surface area contributed by atoms with Gasteiger partial charge >= 0.3 is 0 Å². The molecule has 0 fully saturated rings. The van der Waals surface area contributed by atoms with Crippen LogP contribution in [0.4, 0.5) is 0 Å². The smallest absolute Gasteiger partial charge is 0.0785 e. The summed E-state index contributed by atoms with van der Waals surface area (Å²) in [6, 6.07) is 0. The second-order valence-corrected chi connectivity index (χ2v) is 2.29. The summed E-state index contributed by atoms with van der Waals surface area (Å²) in [6.45, 7) is 1.73. The van der Waals surface area contributed by atoms with Gasteiger partial charge in [0.25, 0.3) is 0 Å². The molecular weight excluding hydrogens is 122 g/mol. The fraction of sp³-hybridized carbons (Fsp3) is 0.400. The molecule has 1 heterocycles. The molecule has 1 N–H and O–H groups in total. The molecule has 0 saturated heterocycles. The fourth-order valence-corrected chi connectivity index (χ4v) is 1.04. The quantitative estimate of drug-likeness (QED) is 0.618. The van der Waals surface area contributed by atoms with Gasteiger partial charge in [0.15, 0.2) is 0 Å². The van der Waals surface area contributed by atoms with Crippen LogP contribution in [0.25, 0.3) is 0 Å². The van der Waals surface area contributed by atoms with Gasteiger partial charge in [0, 0.05) is 17.1 Å². The Morgan fingerprint density at radius 3 is 2.88 bits per heavy atom. The molecule has 1 unspecified atom stereocenters. The van der Waals surface area contributed by atoms with Crippen molar-refractivity contribution in [3.63, 3.8) is 0 Å². The van der Waals surface area contributed by atoms with Gasteiger partial charge in [-0.2, -0.15) is 0 Å². The van der Waals surface area contributed by atoms with Gasteiger partial charge in [-0.05, 0) is 18.5 Å². The Morgan fingerprint density at radius 2 is 2.62 bits per heavy atom. The summed E-state index contributed by atoms with van der Waals surface area (Å²) >= 11 is 1.36. The number of aliphatic hydroxyl groups excluding tert-OH is 1. The summed E-state index contributed by atoms with van der Waals surface area (Å²) in [5, 5.41) is 10.7. The summed E-state index contributed by atoms with van der Waals surface area (Å²) in [6.07, 6.45) is 1.31. The van der Waals surface area contributed by atoms with Crippen molar-refractivity contribution in [2.24, 2.45) is 0 Å². The zero-order valence-electron chi connectivity index (χ0n) is 4.53. The van der Waals surface area contributed by atoms with E-state index in [4.69, 9.17) is 5.11 Å². The van der Waals surface area contributed by atoms with Gasteiger partial charge in [-0.1, -0.05) is 0 Å². The lowest BCUT2D eigenvalue weighted by Crippen LogP contribution is -1.85.